The van der Waals surface area contributed by atoms with E-state index in [1.165, 1.54) is 4.90 Å². The van der Waals surface area contributed by atoms with Crippen LogP contribution in [0.25, 0.3) is 6.08 Å². The van der Waals surface area contributed by atoms with E-state index in [9.17, 15) is 9.59 Å². The van der Waals surface area contributed by atoms with Gasteiger partial charge in [0.05, 0.1) is 18.6 Å². The van der Waals surface area contributed by atoms with E-state index >= 15 is 0 Å². The summed E-state index contributed by atoms with van der Waals surface area (Å²) in [5, 5.41) is 0.306. The van der Waals surface area contributed by atoms with Crippen LogP contribution in [0.5, 0.6) is 11.5 Å². The number of imide groups is 1. The highest BCUT2D eigenvalue weighted by Gasteiger charge is 2.34. The van der Waals surface area contributed by atoms with Crippen LogP contribution in [0.15, 0.2) is 53.4 Å². The van der Waals surface area contributed by atoms with Gasteiger partial charge >= 0.3 is 0 Å². The van der Waals surface area contributed by atoms with Gasteiger partial charge in [-0.3, -0.25) is 14.5 Å². The number of nitrogens with zero attached hydrogens (tertiary/aromatic N) is 1. The monoisotopic (exact) mass is 389 g/mol. The van der Waals surface area contributed by atoms with Gasteiger partial charge in [0.15, 0.2) is 0 Å². The number of methoxy groups -OCH3 is 1. The molecule has 26 heavy (non-hydrogen) atoms. The fourth-order valence-corrected chi connectivity index (χ4v) is 3.39. The zero-order chi connectivity index (χ0) is 18.5. The minimum atomic E-state index is -0.328. The Balaban J connectivity index is 1.65. The zero-order valence-electron chi connectivity index (χ0n) is 14.0. The van der Waals surface area contributed by atoms with Crippen molar-refractivity contribution in [3.05, 3.63) is 64.0 Å². The van der Waals surface area contributed by atoms with Crippen LogP contribution >= 0.6 is 23.4 Å². The zero-order valence-corrected chi connectivity index (χ0v) is 15.5. The lowest BCUT2D eigenvalue weighted by Crippen LogP contribution is -2.32. The van der Waals surface area contributed by atoms with Crippen LogP contribution in [-0.4, -0.2) is 36.3 Å². The second-order valence-electron chi connectivity index (χ2n) is 5.38. The Morgan fingerprint density at radius 3 is 2.58 bits per heavy atom. The lowest BCUT2D eigenvalue weighted by Gasteiger charge is -2.13. The largest absolute Gasteiger partial charge is 0.496 e. The van der Waals surface area contributed by atoms with E-state index in [1.807, 2.05) is 18.2 Å². The van der Waals surface area contributed by atoms with Gasteiger partial charge < -0.3 is 9.47 Å². The molecule has 1 heterocycles. The maximum Gasteiger partial charge on any atom is 0.293 e. The average Bonchev–Trinajstić information content (AvgIpc) is 2.91. The molecule has 0 bridgehead atoms. The summed E-state index contributed by atoms with van der Waals surface area (Å²) >= 11 is 6.73. The number of halogens is 1. The van der Waals surface area contributed by atoms with Crippen molar-refractivity contribution in [1.29, 1.82) is 0 Å². The van der Waals surface area contributed by atoms with E-state index in [-0.39, 0.29) is 24.3 Å². The maximum atomic E-state index is 12.5. The molecule has 1 aliphatic rings. The number of para-hydroxylation sites is 1. The summed E-state index contributed by atoms with van der Waals surface area (Å²) < 4.78 is 10.8. The Morgan fingerprint density at radius 2 is 1.85 bits per heavy atom. The van der Waals surface area contributed by atoms with Gasteiger partial charge in [-0.1, -0.05) is 29.8 Å². The molecule has 0 spiro atoms. The number of hydrogen-bond acceptors (Lipinski definition) is 5. The first-order chi connectivity index (χ1) is 12.6. The third-order valence-electron chi connectivity index (χ3n) is 3.70. The van der Waals surface area contributed by atoms with Gasteiger partial charge in [0.2, 0.25) is 0 Å². The van der Waals surface area contributed by atoms with E-state index in [2.05, 4.69) is 0 Å². The van der Waals surface area contributed by atoms with Gasteiger partial charge in [0, 0.05) is 10.6 Å². The molecule has 2 amide bonds. The molecule has 1 saturated heterocycles. The van der Waals surface area contributed by atoms with Crippen LogP contribution in [0.2, 0.25) is 5.02 Å². The summed E-state index contributed by atoms with van der Waals surface area (Å²) in [6, 6.07) is 14.2. The molecule has 0 N–H and O–H groups in total. The lowest BCUT2D eigenvalue weighted by atomic mass is 10.2. The van der Waals surface area contributed by atoms with Gasteiger partial charge in [0.25, 0.3) is 11.1 Å². The third kappa shape index (κ3) is 4.20. The SMILES string of the molecule is COc1ccccc1/C=C1\SC(=O)N(CCOc2ccc(Cl)cc2)C1=O. The molecule has 0 saturated carbocycles. The molecule has 3 rings (SSSR count). The number of hydrogen-bond donors (Lipinski definition) is 0. The first-order valence-electron chi connectivity index (χ1n) is 7.85. The Kier molecular flexibility index (Phi) is 5.85. The number of ether oxygens (including phenoxy) is 2. The van der Waals surface area contributed by atoms with Crippen LogP contribution < -0.4 is 9.47 Å². The summed E-state index contributed by atoms with van der Waals surface area (Å²) in [4.78, 5) is 26.2. The lowest BCUT2D eigenvalue weighted by molar-refractivity contribution is -0.123. The van der Waals surface area contributed by atoms with E-state index in [4.69, 9.17) is 21.1 Å². The summed E-state index contributed by atoms with van der Waals surface area (Å²) in [7, 11) is 1.56. The van der Waals surface area contributed by atoms with E-state index < -0.39 is 0 Å². The van der Waals surface area contributed by atoms with E-state index in [0.717, 1.165) is 17.3 Å². The van der Waals surface area contributed by atoms with Gasteiger partial charge in [-0.15, -0.1) is 0 Å². The highest BCUT2D eigenvalue weighted by atomic mass is 35.5. The Labute approximate surface area is 160 Å². The minimum absolute atomic E-state index is 0.177. The van der Waals surface area contributed by atoms with E-state index in [0.29, 0.717) is 21.4 Å². The van der Waals surface area contributed by atoms with Crippen molar-refractivity contribution < 1.29 is 19.1 Å². The fraction of sp³-hybridized carbons (Fsp3) is 0.158. The highest BCUT2D eigenvalue weighted by molar-refractivity contribution is 8.18. The number of thioether (sulfide) groups is 1. The standard InChI is InChI=1S/C19H16ClNO4S/c1-24-16-5-3-2-4-13(16)12-17-18(22)21(19(23)26-17)10-11-25-15-8-6-14(20)7-9-15/h2-9,12H,10-11H2,1H3/b17-12-. The van der Waals surface area contributed by atoms with Crippen LogP contribution in [0.1, 0.15) is 5.56 Å². The van der Waals surface area contributed by atoms with Crippen LogP contribution in [0, 0.1) is 0 Å². The summed E-state index contributed by atoms with van der Waals surface area (Å²) in [5.41, 5.74) is 0.748. The van der Waals surface area contributed by atoms with Crippen LogP contribution in [-0.2, 0) is 4.79 Å². The molecule has 134 valence electrons. The molecule has 0 radical (unpaired) electrons. The fourth-order valence-electron chi connectivity index (χ4n) is 2.41. The predicted molar refractivity (Wildman–Crippen MR) is 103 cm³/mol. The van der Waals surface area contributed by atoms with Crippen molar-refractivity contribution in [2.45, 2.75) is 0 Å². The molecular weight excluding hydrogens is 374 g/mol. The van der Waals surface area contributed by atoms with Crippen molar-refractivity contribution >= 4 is 40.6 Å². The molecule has 7 heteroatoms. The smallest absolute Gasteiger partial charge is 0.293 e. The molecule has 5 nitrogen and oxygen atoms in total. The summed E-state index contributed by atoms with van der Waals surface area (Å²) in [5.74, 6) is 0.946. The van der Waals surface area contributed by atoms with Crippen molar-refractivity contribution in [1.82, 2.24) is 4.90 Å². The van der Waals surface area contributed by atoms with Gasteiger partial charge in [-0.25, -0.2) is 0 Å². The van der Waals surface area contributed by atoms with Crippen LogP contribution in [0.3, 0.4) is 0 Å². The highest BCUT2D eigenvalue weighted by Crippen LogP contribution is 2.33. The first kappa shape index (κ1) is 18.4. The van der Waals surface area contributed by atoms with Crippen LogP contribution in [0.4, 0.5) is 4.79 Å². The molecule has 0 aliphatic carbocycles. The topological polar surface area (TPSA) is 55.8 Å². The number of carbonyl (C=O) groups excluding carboxylic acids is 2. The Morgan fingerprint density at radius 1 is 1.12 bits per heavy atom. The average molecular weight is 390 g/mol. The predicted octanol–water partition coefficient (Wildman–Crippen LogP) is 4.46. The van der Waals surface area contributed by atoms with Crippen molar-refractivity contribution in [2.24, 2.45) is 0 Å². The quantitative estimate of drug-likeness (QED) is 0.682. The second kappa shape index (κ2) is 8.29. The molecule has 0 aromatic heterocycles. The number of amides is 2. The molecule has 0 atom stereocenters. The minimum Gasteiger partial charge on any atom is -0.496 e. The van der Waals surface area contributed by atoms with E-state index in [1.54, 1.807) is 43.5 Å². The molecular formula is C19H16ClNO4S. The van der Waals surface area contributed by atoms with Gasteiger partial charge in [0.1, 0.15) is 18.1 Å². The number of rotatable bonds is 6. The van der Waals surface area contributed by atoms with Crippen molar-refractivity contribution in [3.8, 4) is 11.5 Å². The summed E-state index contributed by atoms with van der Waals surface area (Å²) in [6.07, 6.45) is 1.67. The maximum absolute atomic E-state index is 12.5. The first-order valence-corrected chi connectivity index (χ1v) is 9.04. The third-order valence-corrected chi connectivity index (χ3v) is 4.86. The molecule has 1 fully saturated rings. The summed E-state index contributed by atoms with van der Waals surface area (Å²) in [6.45, 7) is 0.387. The number of benzene rings is 2. The molecule has 0 unspecified atom stereocenters. The second-order valence-corrected chi connectivity index (χ2v) is 6.81. The normalized spacial score (nSPS) is 15.6. The van der Waals surface area contributed by atoms with Crippen molar-refractivity contribution in [2.75, 3.05) is 20.3 Å². The molecule has 1 aliphatic heterocycles. The molecule has 2 aromatic carbocycles. The molecule has 2 aromatic rings. The Hall–Kier alpha value is -2.44. The van der Waals surface area contributed by atoms with Gasteiger partial charge in [-0.05, 0) is 48.2 Å². The van der Waals surface area contributed by atoms with Crippen molar-refractivity contribution in [3.63, 3.8) is 0 Å². The van der Waals surface area contributed by atoms with Gasteiger partial charge in [-0.2, -0.15) is 0 Å². The Bertz CT molecular complexity index is 851. The number of carbonyl (C=O) groups is 2.